The highest BCUT2D eigenvalue weighted by Crippen LogP contribution is 2.07. The maximum Gasteiger partial charge on any atom is 0.246 e. The fourth-order valence-electron chi connectivity index (χ4n) is 1.29. The summed E-state index contributed by atoms with van der Waals surface area (Å²) in [4.78, 5) is 29.5. The highest BCUT2D eigenvalue weighted by atomic mass is 16.7. The summed E-state index contributed by atoms with van der Waals surface area (Å²) in [5.41, 5.74) is 0. The molecule has 1 rings (SSSR count). The Kier molecular flexibility index (Phi) is 4.03. The summed E-state index contributed by atoms with van der Waals surface area (Å²) in [5.74, 6) is -0.103. The van der Waals surface area contributed by atoms with E-state index in [2.05, 4.69) is 0 Å². The molecule has 0 aliphatic carbocycles. The van der Waals surface area contributed by atoms with Crippen LogP contribution < -0.4 is 0 Å². The van der Waals surface area contributed by atoms with E-state index < -0.39 is 0 Å². The van der Waals surface area contributed by atoms with Gasteiger partial charge in [0.05, 0.1) is 13.2 Å². The van der Waals surface area contributed by atoms with Gasteiger partial charge in [0.2, 0.25) is 5.91 Å². The number of hydrogen-bond acceptors (Lipinski definition) is 4. The molecule has 0 saturated carbocycles. The van der Waals surface area contributed by atoms with Gasteiger partial charge < -0.3 is 4.90 Å². The predicted octanol–water partition coefficient (Wildman–Crippen LogP) is -0.329. The van der Waals surface area contributed by atoms with Crippen LogP contribution >= 0.6 is 0 Å². The Labute approximate surface area is 83.6 Å². The van der Waals surface area contributed by atoms with Gasteiger partial charge in [0.25, 0.3) is 0 Å². The third-order valence-corrected chi connectivity index (χ3v) is 1.87. The van der Waals surface area contributed by atoms with Gasteiger partial charge in [-0.3, -0.25) is 14.4 Å². The Hall–Kier alpha value is -0.940. The number of hydrogen-bond donors (Lipinski definition) is 0. The monoisotopic (exact) mass is 200 g/mol. The molecule has 14 heavy (non-hydrogen) atoms. The van der Waals surface area contributed by atoms with Crippen LogP contribution in [0.3, 0.4) is 0 Å². The molecule has 1 aliphatic rings. The molecule has 5 heteroatoms. The number of likely N-dealkylation sites (N-methyl/N-ethyl adjacent to an activating group) is 1. The van der Waals surface area contributed by atoms with E-state index in [-0.39, 0.29) is 18.2 Å². The van der Waals surface area contributed by atoms with Crippen LogP contribution in [0.15, 0.2) is 0 Å². The molecule has 0 spiro atoms. The average Bonchev–Trinajstić information content (AvgIpc) is 2.07. The standard InChI is InChI=1S/C9H16N2O3/c1-10(2)6-8(12)7-11-9(13)4-3-5-14-11/h3-7H2,1-2H3. The Balaban J connectivity index is 2.34. The number of nitrogens with zero attached hydrogens (tertiary/aromatic N) is 2. The SMILES string of the molecule is CN(C)CC(=O)CN1OCCCC1=O. The first-order valence-electron chi connectivity index (χ1n) is 4.69. The van der Waals surface area contributed by atoms with Gasteiger partial charge in [-0.2, -0.15) is 0 Å². The fraction of sp³-hybridized carbons (Fsp3) is 0.778. The van der Waals surface area contributed by atoms with Crippen LogP contribution in [-0.4, -0.2) is 55.4 Å². The van der Waals surface area contributed by atoms with Gasteiger partial charge in [-0.15, -0.1) is 0 Å². The lowest BCUT2D eigenvalue weighted by Gasteiger charge is -2.25. The minimum Gasteiger partial charge on any atom is -0.302 e. The zero-order valence-corrected chi connectivity index (χ0v) is 8.65. The molecule has 0 N–H and O–H groups in total. The first-order chi connectivity index (χ1) is 6.59. The van der Waals surface area contributed by atoms with Crippen molar-refractivity contribution in [1.82, 2.24) is 9.96 Å². The summed E-state index contributed by atoms with van der Waals surface area (Å²) in [6.45, 7) is 0.936. The zero-order chi connectivity index (χ0) is 10.6. The normalized spacial score (nSPS) is 17.6. The molecule has 0 aromatic rings. The number of carbonyl (C=O) groups is 2. The van der Waals surface area contributed by atoms with Crippen molar-refractivity contribution in [1.29, 1.82) is 0 Å². The Morgan fingerprint density at radius 2 is 2.29 bits per heavy atom. The average molecular weight is 200 g/mol. The number of amides is 1. The van der Waals surface area contributed by atoms with Gasteiger partial charge in [-0.25, -0.2) is 5.06 Å². The maximum atomic E-state index is 11.4. The molecule has 1 heterocycles. The molecule has 0 atom stereocenters. The van der Waals surface area contributed by atoms with Gasteiger partial charge in [0.15, 0.2) is 5.78 Å². The van der Waals surface area contributed by atoms with Crippen LogP contribution in [0.2, 0.25) is 0 Å². The highest BCUT2D eigenvalue weighted by Gasteiger charge is 2.21. The molecule has 0 radical (unpaired) electrons. The first kappa shape index (κ1) is 11.1. The van der Waals surface area contributed by atoms with Crippen molar-refractivity contribution in [3.8, 4) is 0 Å². The van der Waals surface area contributed by atoms with E-state index in [4.69, 9.17) is 4.84 Å². The number of Topliss-reactive ketones (excluding diaryl/α,β-unsaturated/α-hetero) is 1. The van der Waals surface area contributed by atoms with E-state index >= 15 is 0 Å². The summed E-state index contributed by atoms with van der Waals surface area (Å²) in [6.07, 6.45) is 1.23. The highest BCUT2D eigenvalue weighted by molar-refractivity contribution is 5.86. The smallest absolute Gasteiger partial charge is 0.246 e. The lowest BCUT2D eigenvalue weighted by Crippen LogP contribution is -2.41. The van der Waals surface area contributed by atoms with Gasteiger partial charge in [-0.1, -0.05) is 0 Å². The third kappa shape index (κ3) is 3.43. The summed E-state index contributed by atoms with van der Waals surface area (Å²) in [6, 6.07) is 0. The van der Waals surface area contributed by atoms with Crippen LogP contribution in [0.4, 0.5) is 0 Å². The van der Waals surface area contributed by atoms with Crippen LogP contribution in [-0.2, 0) is 14.4 Å². The van der Waals surface area contributed by atoms with Crippen molar-refractivity contribution in [2.24, 2.45) is 0 Å². The second kappa shape index (κ2) is 5.07. The molecule has 1 amide bonds. The summed E-state index contributed by atoms with van der Waals surface area (Å²) < 4.78 is 0. The van der Waals surface area contributed by atoms with E-state index in [1.807, 2.05) is 14.1 Å². The minimum absolute atomic E-state index is 0.00903. The summed E-state index contributed by atoms with van der Waals surface area (Å²) in [7, 11) is 3.63. The van der Waals surface area contributed by atoms with Crippen LogP contribution in [0.1, 0.15) is 12.8 Å². The van der Waals surface area contributed by atoms with Gasteiger partial charge >= 0.3 is 0 Å². The minimum atomic E-state index is -0.0941. The Bertz CT molecular complexity index is 228. The van der Waals surface area contributed by atoms with Crippen LogP contribution in [0.25, 0.3) is 0 Å². The predicted molar refractivity (Wildman–Crippen MR) is 50.5 cm³/mol. The summed E-state index contributed by atoms with van der Waals surface area (Å²) >= 11 is 0. The van der Waals surface area contributed by atoms with E-state index in [1.165, 1.54) is 5.06 Å². The Morgan fingerprint density at radius 3 is 2.86 bits per heavy atom. The fourth-order valence-corrected chi connectivity index (χ4v) is 1.29. The quantitative estimate of drug-likeness (QED) is 0.623. The van der Waals surface area contributed by atoms with E-state index in [9.17, 15) is 9.59 Å². The van der Waals surface area contributed by atoms with E-state index in [1.54, 1.807) is 4.90 Å². The van der Waals surface area contributed by atoms with Crippen molar-refractivity contribution in [2.45, 2.75) is 12.8 Å². The molecule has 80 valence electrons. The lowest BCUT2D eigenvalue weighted by molar-refractivity contribution is -0.198. The van der Waals surface area contributed by atoms with E-state index in [0.29, 0.717) is 19.6 Å². The maximum absolute atomic E-state index is 11.4. The molecule has 1 fully saturated rings. The zero-order valence-electron chi connectivity index (χ0n) is 8.65. The molecule has 0 unspecified atom stereocenters. The lowest BCUT2D eigenvalue weighted by atomic mass is 10.2. The molecular formula is C9H16N2O3. The largest absolute Gasteiger partial charge is 0.302 e. The van der Waals surface area contributed by atoms with Crippen molar-refractivity contribution in [3.05, 3.63) is 0 Å². The van der Waals surface area contributed by atoms with Gasteiger partial charge in [0, 0.05) is 6.42 Å². The number of carbonyl (C=O) groups excluding carboxylic acids is 2. The van der Waals surface area contributed by atoms with Crippen molar-refractivity contribution in [3.63, 3.8) is 0 Å². The number of hydroxylamine groups is 2. The van der Waals surface area contributed by atoms with Gasteiger partial charge in [-0.05, 0) is 20.5 Å². The number of ketones is 1. The molecule has 5 nitrogen and oxygen atoms in total. The third-order valence-electron chi connectivity index (χ3n) is 1.87. The number of rotatable bonds is 4. The second-order valence-corrected chi connectivity index (χ2v) is 3.64. The van der Waals surface area contributed by atoms with Crippen LogP contribution in [0, 0.1) is 0 Å². The Morgan fingerprint density at radius 1 is 1.57 bits per heavy atom. The van der Waals surface area contributed by atoms with Crippen LogP contribution in [0.5, 0.6) is 0 Å². The molecule has 0 aromatic carbocycles. The molecular weight excluding hydrogens is 184 g/mol. The topological polar surface area (TPSA) is 49.9 Å². The van der Waals surface area contributed by atoms with Crippen molar-refractivity contribution in [2.75, 3.05) is 33.8 Å². The molecule has 0 bridgehead atoms. The van der Waals surface area contributed by atoms with Crippen molar-refractivity contribution >= 4 is 11.7 Å². The first-order valence-corrected chi connectivity index (χ1v) is 4.69. The summed E-state index contributed by atoms with van der Waals surface area (Å²) in [5, 5.41) is 1.18. The molecule has 0 aromatic heterocycles. The molecule has 1 aliphatic heterocycles. The second-order valence-electron chi connectivity index (χ2n) is 3.64. The van der Waals surface area contributed by atoms with Gasteiger partial charge in [0.1, 0.15) is 6.54 Å². The van der Waals surface area contributed by atoms with E-state index in [0.717, 1.165) is 6.42 Å². The van der Waals surface area contributed by atoms with Crippen molar-refractivity contribution < 1.29 is 14.4 Å². The molecule has 1 saturated heterocycles.